The van der Waals surface area contributed by atoms with E-state index in [1.165, 1.54) is 0 Å². The summed E-state index contributed by atoms with van der Waals surface area (Å²) in [6, 6.07) is 0. The number of nitrogens with one attached hydrogen (secondary N) is 1. The minimum absolute atomic E-state index is 0.0289. The number of hydrogen-bond acceptors (Lipinski definition) is 5. The molecule has 3 rings (SSSR count). The number of aromatic nitrogens is 2. The van der Waals surface area contributed by atoms with Gasteiger partial charge in [-0.1, -0.05) is 13.8 Å². The monoisotopic (exact) mass is 430 g/mol. The number of ether oxygens (including phenoxy) is 1. The van der Waals surface area contributed by atoms with E-state index in [0.717, 1.165) is 50.0 Å². The van der Waals surface area contributed by atoms with Crippen molar-refractivity contribution in [1.29, 1.82) is 0 Å². The van der Waals surface area contributed by atoms with Crippen LogP contribution in [0.5, 0.6) is 0 Å². The van der Waals surface area contributed by atoms with E-state index in [1.54, 1.807) is 6.20 Å². The van der Waals surface area contributed by atoms with Crippen LogP contribution in [0.25, 0.3) is 0 Å². The lowest BCUT2D eigenvalue weighted by molar-refractivity contribution is -0.130. The topological polar surface area (TPSA) is 84.4 Å². The van der Waals surface area contributed by atoms with Crippen LogP contribution in [0.15, 0.2) is 6.20 Å². The number of rotatable bonds is 8. The third-order valence-electron chi connectivity index (χ3n) is 6.65. The van der Waals surface area contributed by atoms with Gasteiger partial charge in [0.15, 0.2) is 0 Å². The van der Waals surface area contributed by atoms with Crippen LogP contribution >= 0.6 is 0 Å². The molecular weight excluding hydrogens is 392 g/mol. The molecule has 1 aromatic heterocycles. The highest BCUT2D eigenvalue weighted by Gasteiger charge is 2.30. The van der Waals surface area contributed by atoms with Gasteiger partial charge in [0.25, 0.3) is 5.91 Å². The van der Waals surface area contributed by atoms with Gasteiger partial charge in [-0.3, -0.25) is 9.59 Å². The number of amides is 2. The Balaban J connectivity index is 1.65. The van der Waals surface area contributed by atoms with Crippen LogP contribution < -0.4 is 5.32 Å². The van der Waals surface area contributed by atoms with Gasteiger partial charge in [0.05, 0.1) is 11.3 Å². The Hall–Kier alpha value is -2.02. The van der Waals surface area contributed by atoms with Crippen molar-refractivity contribution in [3.63, 3.8) is 0 Å². The molecule has 1 aliphatic heterocycles. The second kappa shape index (κ2) is 11.0. The quantitative estimate of drug-likeness (QED) is 0.680. The third-order valence-corrected chi connectivity index (χ3v) is 6.65. The summed E-state index contributed by atoms with van der Waals surface area (Å²) in [4.78, 5) is 36.5. The Bertz CT molecular complexity index is 749. The molecule has 2 aliphatic rings. The maximum atomic E-state index is 13.1. The molecule has 0 unspecified atom stereocenters. The fourth-order valence-electron chi connectivity index (χ4n) is 4.63. The highest BCUT2D eigenvalue weighted by Crippen LogP contribution is 2.36. The van der Waals surface area contributed by atoms with Crippen molar-refractivity contribution in [3.8, 4) is 0 Å². The number of carbonyl (C=O) groups is 2. The first-order chi connectivity index (χ1) is 14.9. The zero-order valence-corrected chi connectivity index (χ0v) is 19.5. The SMILES string of the molecule is CCN(CC)C(=O)c1cnc(C(C)C)nc1C1CCC(CNC(=O)[C@@H]2CCCO2)CC1. The molecule has 0 spiro atoms. The second-order valence-electron chi connectivity index (χ2n) is 9.12. The first kappa shape index (κ1) is 23.6. The van der Waals surface area contributed by atoms with Crippen molar-refractivity contribution in [2.45, 2.75) is 84.2 Å². The molecule has 2 fully saturated rings. The third kappa shape index (κ3) is 5.82. The molecule has 1 aliphatic carbocycles. The second-order valence-corrected chi connectivity index (χ2v) is 9.12. The lowest BCUT2D eigenvalue weighted by Crippen LogP contribution is -2.38. The lowest BCUT2D eigenvalue weighted by atomic mass is 9.79. The van der Waals surface area contributed by atoms with E-state index in [2.05, 4.69) is 24.1 Å². The van der Waals surface area contributed by atoms with Gasteiger partial charge in [0.2, 0.25) is 5.91 Å². The van der Waals surface area contributed by atoms with Crippen molar-refractivity contribution < 1.29 is 14.3 Å². The number of nitrogens with zero attached hydrogens (tertiary/aromatic N) is 3. The summed E-state index contributed by atoms with van der Waals surface area (Å²) < 4.78 is 5.47. The Labute approximate surface area is 186 Å². The summed E-state index contributed by atoms with van der Waals surface area (Å²) in [6.45, 7) is 10.9. The van der Waals surface area contributed by atoms with Gasteiger partial charge in [-0.2, -0.15) is 0 Å². The molecule has 2 heterocycles. The minimum atomic E-state index is -0.263. The van der Waals surface area contributed by atoms with Gasteiger partial charge >= 0.3 is 0 Å². The molecule has 7 nitrogen and oxygen atoms in total. The van der Waals surface area contributed by atoms with E-state index in [0.29, 0.717) is 37.7 Å². The maximum absolute atomic E-state index is 13.1. The molecule has 1 aromatic rings. The van der Waals surface area contributed by atoms with Crippen LogP contribution in [0, 0.1) is 5.92 Å². The Morgan fingerprint density at radius 3 is 2.45 bits per heavy atom. The van der Waals surface area contributed by atoms with Crippen LogP contribution in [-0.4, -0.2) is 59.0 Å². The molecule has 0 aromatic carbocycles. The van der Waals surface area contributed by atoms with Crippen LogP contribution in [0.4, 0.5) is 0 Å². The molecule has 1 atom stereocenters. The molecule has 1 saturated heterocycles. The fraction of sp³-hybridized carbons (Fsp3) is 0.750. The lowest BCUT2D eigenvalue weighted by Gasteiger charge is -2.30. The summed E-state index contributed by atoms with van der Waals surface area (Å²) in [5.41, 5.74) is 1.57. The minimum Gasteiger partial charge on any atom is -0.368 e. The van der Waals surface area contributed by atoms with Gasteiger partial charge in [-0.15, -0.1) is 0 Å². The molecule has 7 heteroatoms. The van der Waals surface area contributed by atoms with E-state index in [9.17, 15) is 9.59 Å². The zero-order valence-electron chi connectivity index (χ0n) is 19.5. The molecular formula is C24H38N4O3. The van der Waals surface area contributed by atoms with E-state index < -0.39 is 0 Å². The Morgan fingerprint density at radius 2 is 1.87 bits per heavy atom. The standard InChI is InChI=1S/C24H38N4O3/c1-5-28(6-2)24(30)19-15-25-22(16(3)4)27-21(19)18-11-9-17(10-12-18)14-26-23(29)20-8-7-13-31-20/h15-18,20H,5-14H2,1-4H3,(H,26,29)/t17?,18?,20-/m0/s1. The Morgan fingerprint density at radius 1 is 1.16 bits per heavy atom. The van der Waals surface area contributed by atoms with E-state index in [4.69, 9.17) is 9.72 Å². The molecule has 0 bridgehead atoms. The molecule has 2 amide bonds. The number of carbonyl (C=O) groups excluding carboxylic acids is 2. The summed E-state index contributed by atoms with van der Waals surface area (Å²) in [5, 5.41) is 3.08. The largest absolute Gasteiger partial charge is 0.368 e. The van der Waals surface area contributed by atoms with E-state index >= 15 is 0 Å². The fourth-order valence-corrected chi connectivity index (χ4v) is 4.63. The van der Waals surface area contributed by atoms with Crippen LogP contribution in [-0.2, 0) is 9.53 Å². The molecule has 0 radical (unpaired) electrons. The first-order valence-corrected chi connectivity index (χ1v) is 12.0. The van der Waals surface area contributed by atoms with Gasteiger partial charge in [-0.05, 0) is 58.3 Å². The highest BCUT2D eigenvalue weighted by molar-refractivity contribution is 5.95. The van der Waals surface area contributed by atoms with Crippen molar-refractivity contribution >= 4 is 11.8 Å². The van der Waals surface area contributed by atoms with Gasteiger partial charge < -0.3 is 15.0 Å². The van der Waals surface area contributed by atoms with Crippen molar-refractivity contribution in [2.24, 2.45) is 5.92 Å². The maximum Gasteiger partial charge on any atom is 0.257 e. The summed E-state index contributed by atoms with van der Waals surface area (Å²) >= 11 is 0. The average molecular weight is 431 g/mol. The van der Waals surface area contributed by atoms with E-state index in [-0.39, 0.29) is 29.8 Å². The smallest absolute Gasteiger partial charge is 0.257 e. The first-order valence-electron chi connectivity index (χ1n) is 12.0. The van der Waals surface area contributed by atoms with Crippen molar-refractivity contribution in [1.82, 2.24) is 20.2 Å². The van der Waals surface area contributed by atoms with Gasteiger partial charge in [0.1, 0.15) is 11.9 Å². The number of hydrogen-bond donors (Lipinski definition) is 1. The van der Waals surface area contributed by atoms with Gasteiger partial charge in [0, 0.05) is 44.3 Å². The Kier molecular flexibility index (Phi) is 8.41. The summed E-state index contributed by atoms with van der Waals surface area (Å²) in [7, 11) is 0. The van der Waals surface area contributed by atoms with Crippen LogP contribution in [0.1, 0.15) is 99.9 Å². The molecule has 172 valence electrons. The zero-order chi connectivity index (χ0) is 22.4. The average Bonchev–Trinajstić information content (AvgIpc) is 3.33. The molecule has 1 N–H and O–H groups in total. The summed E-state index contributed by atoms with van der Waals surface area (Å²) in [6.07, 6.45) is 7.28. The van der Waals surface area contributed by atoms with Crippen molar-refractivity contribution in [2.75, 3.05) is 26.2 Å². The summed E-state index contributed by atoms with van der Waals surface area (Å²) in [5.74, 6) is 1.82. The van der Waals surface area contributed by atoms with Crippen LogP contribution in [0.3, 0.4) is 0 Å². The molecule has 1 saturated carbocycles. The highest BCUT2D eigenvalue weighted by atomic mass is 16.5. The predicted octanol–water partition coefficient (Wildman–Crippen LogP) is 3.65. The molecule has 31 heavy (non-hydrogen) atoms. The normalized spacial score (nSPS) is 23.7. The van der Waals surface area contributed by atoms with E-state index in [1.807, 2.05) is 18.7 Å². The predicted molar refractivity (Wildman–Crippen MR) is 120 cm³/mol. The van der Waals surface area contributed by atoms with Gasteiger partial charge in [-0.25, -0.2) is 9.97 Å². The van der Waals surface area contributed by atoms with Crippen molar-refractivity contribution in [3.05, 3.63) is 23.3 Å². The van der Waals surface area contributed by atoms with Crippen LogP contribution in [0.2, 0.25) is 0 Å².